The molecule has 1 saturated heterocycles. The van der Waals surface area contributed by atoms with Crippen LogP contribution in [0.25, 0.3) is 0 Å². The Hall–Kier alpha value is -1.14. The summed E-state index contributed by atoms with van der Waals surface area (Å²) in [6.45, 7) is 4.71. The van der Waals surface area contributed by atoms with Gasteiger partial charge >= 0.3 is 0 Å². The number of nitrogens with zero attached hydrogens (tertiary/aromatic N) is 1. The van der Waals surface area contributed by atoms with Crippen molar-refractivity contribution in [3.05, 3.63) is 23.5 Å². The van der Waals surface area contributed by atoms with E-state index < -0.39 is 15.8 Å². The molecule has 1 heterocycles. The lowest BCUT2D eigenvalue weighted by Gasteiger charge is -2.31. The van der Waals surface area contributed by atoms with Crippen molar-refractivity contribution in [2.45, 2.75) is 44.4 Å². The Morgan fingerprint density at radius 3 is 2.52 bits per heavy atom. The van der Waals surface area contributed by atoms with Crippen molar-refractivity contribution in [1.82, 2.24) is 4.31 Å². The van der Waals surface area contributed by atoms with E-state index in [2.05, 4.69) is 6.92 Å². The van der Waals surface area contributed by atoms with Crippen LogP contribution in [-0.4, -0.2) is 25.8 Å². The second-order valence-electron chi connectivity index (χ2n) is 5.78. The number of nitrogens with two attached hydrogens (primary N) is 1. The van der Waals surface area contributed by atoms with Gasteiger partial charge in [-0.2, -0.15) is 4.31 Å². The second-order valence-corrected chi connectivity index (χ2v) is 7.68. The Kier molecular flexibility index (Phi) is 4.88. The molecule has 0 aromatic heterocycles. The van der Waals surface area contributed by atoms with Gasteiger partial charge in [-0.25, -0.2) is 12.8 Å². The van der Waals surface area contributed by atoms with Crippen molar-refractivity contribution < 1.29 is 12.8 Å². The smallest absolute Gasteiger partial charge is 0.246 e. The predicted molar refractivity (Wildman–Crippen MR) is 81.9 cm³/mol. The van der Waals surface area contributed by atoms with Crippen molar-refractivity contribution in [2.24, 2.45) is 5.92 Å². The number of nitrogen functional groups attached to an aromatic ring is 1. The highest BCUT2D eigenvalue weighted by Gasteiger charge is 2.31. The van der Waals surface area contributed by atoms with Gasteiger partial charge in [-0.15, -0.1) is 0 Å². The van der Waals surface area contributed by atoms with E-state index in [-0.39, 0.29) is 4.90 Å². The Labute approximate surface area is 126 Å². The van der Waals surface area contributed by atoms with Gasteiger partial charge in [-0.05, 0) is 43.4 Å². The summed E-state index contributed by atoms with van der Waals surface area (Å²) in [7, 11) is -3.79. The Morgan fingerprint density at radius 2 is 1.95 bits per heavy atom. The van der Waals surface area contributed by atoms with Gasteiger partial charge in [0.1, 0.15) is 10.7 Å². The van der Waals surface area contributed by atoms with E-state index in [1.165, 1.54) is 16.4 Å². The summed E-state index contributed by atoms with van der Waals surface area (Å²) < 4.78 is 40.5. The highest BCUT2D eigenvalue weighted by molar-refractivity contribution is 7.89. The van der Waals surface area contributed by atoms with Crippen molar-refractivity contribution >= 4 is 15.7 Å². The average Bonchev–Trinajstić information content (AvgIpc) is 2.43. The van der Waals surface area contributed by atoms with E-state index >= 15 is 0 Å². The second kappa shape index (κ2) is 6.32. The molecular weight excluding hydrogens is 291 g/mol. The van der Waals surface area contributed by atoms with Crippen LogP contribution in [0.5, 0.6) is 0 Å². The molecule has 1 fully saturated rings. The fourth-order valence-electron chi connectivity index (χ4n) is 2.85. The Bertz CT molecular complexity index is 608. The van der Waals surface area contributed by atoms with E-state index in [9.17, 15) is 12.8 Å². The monoisotopic (exact) mass is 314 g/mol. The van der Waals surface area contributed by atoms with Crippen LogP contribution in [0.3, 0.4) is 0 Å². The maximum absolute atomic E-state index is 14.0. The first kappa shape index (κ1) is 16.2. The average molecular weight is 314 g/mol. The predicted octanol–water partition coefficient (Wildman–Crippen LogP) is 2.92. The number of halogens is 1. The van der Waals surface area contributed by atoms with Gasteiger partial charge in [0.15, 0.2) is 0 Å². The number of sulfonamides is 1. The number of anilines is 1. The van der Waals surface area contributed by atoms with Gasteiger partial charge in [-0.1, -0.05) is 19.8 Å². The van der Waals surface area contributed by atoms with E-state index in [0.717, 1.165) is 25.7 Å². The fraction of sp³-hybridized carbons (Fsp3) is 0.600. The van der Waals surface area contributed by atoms with Crippen LogP contribution in [0.4, 0.5) is 10.1 Å². The Morgan fingerprint density at radius 1 is 1.33 bits per heavy atom. The van der Waals surface area contributed by atoms with Crippen molar-refractivity contribution in [3.8, 4) is 0 Å². The first-order valence-corrected chi connectivity index (χ1v) is 8.86. The number of rotatable bonds is 4. The molecule has 2 N–H and O–H groups in total. The molecule has 0 radical (unpaired) electrons. The van der Waals surface area contributed by atoms with E-state index in [1.807, 2.05) is 0 Å². The molecule has 118 valence electrons. The number of hydrogen-bond donors (Lipinski definition) is 1. The van der Waals surface area contributed by atoms with Gasteiger partial charge in [-0.3, -0.25) is 0 Å². The zero-order valence-corrected chi connectivity index (χ0v) is 13.4. The first-order valence-electron chi connectivity index (χ1n) is 7.42. The molecule has 6 heteroatoms. The SMILES string of the molecule is CCCC1CCN(S(=O)(=O)c2cc(N)c(C)cc2F)CC1. The molecule has 0 saturated carbocycles. The van der Waals surface area contributed by atoms with Gasteiger partial charge in [0.05, 0.1) is 0 Å². The van der Waals surface area contributed by atoms with Gasteiger partial charge in [0.25, 0.3) is 0 Å². The molecule has 0 aliphatic carbocycles. The van der Waals surface area contributed by atoms with Crippen LogP contribution >= 0.6 is 0 Å². The highest BCUT2D eigenvalue weighted by Crippen LogP contribution is 2.29. The third kappa shape index (κ3) is 3.37. The van der Waals surface area contributed by atoms with Crippen LogP contribution in [-0.2, 0) is 10.0 Å². The molecule has 0 amide bonds. The standard InChI is InChI=1S/C15H23FN2O2S/c1-3-4-12-5-7-18(8-6-12)21(19,20)15-10-14(17)11(2)9-13(15)16/h9-10,12H,3-8,17H2,1-2H3. The maximum atomic E-state index is 14.0. The topological polar surface area (TPSA) is 63.4 Å². The van der Waals surface area contributed by atoms with E-state index in [1.54, 1.807) is 6.92 Å². The number of benzene rings is 1. The minimum absolute atomic E-state index is 0.302. The van der Waals surface area contributed by atoms with Gasteiger partial charge in [0.2, 0.25) is 10.0 Å². The first-order chi connectivity index (χ1) is 9.86. The number of aryl methyl sites for hydroxylation is 1. The molecule has 0 bridgehead atoms. The molecule has 21 heavy (non-hydrogen) atoms. The molecule has 0 atom stereocenters. The molecule has 4 nitrogen and oxygen atoms in total. The summed E-state index contributed by atoms with van der Waals surface area (Å²) in [5, 5.41) is 0. The molecular formula is C15H23FN2O2S. The van der Waals surface area contributed by atoms with Crippen molar-refractivity contribution in [1.29, 1.82) is 0 Å². The lowest BCUT2D eigenvalue weighted by atomic mass is 9.94. The largest absolute Gasteiger partial charge is 0.398 e. The third-order valence-corrected chi connectivity index (χ3v) is 6.12. The van der Waals surface area contributed by atoms with E-state index in [0.29, 0.717) is 30.3 Å². The zero-order valence-electron chi connectivity index (χ0n) is 12.6. The van der Waals surface area contributed by atoms with Crippen molar-refractivity contribution in [3.63, 3.8) is 0 Å². The lowest BCUT2D eigenvalue weighted by Crippen LogP contribution is -2.38. The Balaban J connectivity index is 2.22. The van der Waals surface area contributed by atoms with Crippen molar-refractivity contribution in [2.75, 3.05) is 18.8 Å². The summed E-state index contributed by atoms with van der Waals surface area (Å²) in [6.07, 6.45) is 3.92. The summed E-state index contributed by atoms with van der Waals surface area (Å²) >= 11 is 0. The number of hydrogen-bond acceptors (Lipinski definition) is 3. The quantitative estimate of drug-likeness (QED) is 0.869. The van der Waals surface area contributed by atoms with Crippen LogP contribution in [0.1, 0.15) is 38.2 Å². The molecule has 1 aromatic rings. The molecule has 1 aliphatic heterocycles. The zero-order chi connectivity index (χ0) is 15.6. The van der Waals surface area contributed by atoms with Gasteiger partial charge in [0, 0.05) is 18.8 Å². The van der Waals surface area contributed by atoms with Crippen LogP contribution in [0.2, 0.25) is 0 Å². The number of piperidine rings is 1. The van der Waals surface area contributed by atoms with Crippen LogP contribution in [0, 0.1) is 18.7 Å². The van der Waals surface area contributed by atoms with Gasteiger partial charge < -0.3 is 5.73 Å². The lowest BCUT2D eigenvalue weighted by molar-refractivity contribution is 0.262. The fourth-order valence-corrected chi connectivity index (χ4v) is 4.40. The molecule has 1 aliphatic rings. The summed E-state index contributed by atoms with van der Waals surface area (Å²) in [5.74, 6) is -0.147. The summed E-state index contributed by atoms with van der Waals surface area (Å²) in [4.78, 5) is -0.306. The van der Waals surface area contributed by atoms with E-state index in [4.69, 9.17) is 5.73 Å². The molecule has 0 spiro atoms. The highest BCUT2D eigenvalue weighted by atomic mass is 32.2. The summed E-state index contributed by atoms with van der Waals surface area (Å²) in [6, 6.07) is 2.42. The third-order valence-electron chi connectivity index (χ3n) is 4.21. The molecule has 0 unspecified atom stereocenters. The molecule has 2 rings (SSSR count). The van der Waals surface area contributed by atoms with Crippen LogP contribution < -0.4 is 5.73 Å². The minimum Gasteiger partial charge on any atom is -0.398 e. The normalized spacial score (nSPS) is 18.0. The molecule has 1 aromatic carbocycles. The minimum atomic E-state index is -3.79. The van der Waals surface area contributed by atoms with Crippen LogP contribution in [0.15, 0.2) is 17.0 Å². The summed E-state index contributed by atoms with van der Waals surface area (Å²) in [5.41, 5.74) is 6.58. The maximum Gasteiger partial charge on any atom is 0.246 e.